The van der Waals surface area contributed by atoms with Crippen LogP contribution in [0.15, 0.2) is 0 Å². The van der Waals surface area contributed by atoms with Crippen LogP contribution >= 0.6 is 0 Å². The van der Waals surface area contributed by atoms with E-state index >= 15 is 0 Å². The van der Waals surface area contributed by atoms with Crippen LogP contribution in [0.2, 0.25) is 0 Å². The first kappa shape index (κ1) is 16.2. The first-order valence-electron chi connectivity index (χ1n) is 4.61. The average molecular weight is 277 g/mol. The number of hydrogen-bond acceptors (Lipinski definition) is 3. The normalized spacial score (nSPS) is 14.1. The standard InChI is InChI=1S/C8H14F3NO4S/c1-7(2,3)12(5-4-6(13)14)17(15,16)8(9,10)11/h4-5H2,1-3H3,(H,13,14). The number of aliphatic carboxylic acids is 1. The van der Waals surface area contributed by atoms with Crippen LogP contribution in [0, 0.1) is 0 Å². The second-order valence-corrected chi connectivity index (χ2v) is 6.19. The van der Waals surface area contributed by atoms with Crippen LogP contribution < -0.4 is 0 Å². The van der Waals surface area contributed by atoms with Crippen LogP contribution in [0.3, 0.4) is 0 Å². The lowest BCUT2D eigenvalue weighted by molar-refractivity contribution is -0.137. The molecule has 0 fully saturated rings. The zero-order chi connectivity index (χ0) is 14.1. The van der Waals surface area contributed by atoms with Gasteiger partial charge >= 0.3 is 21.5 Å². The topological polar surface area (TPSA) is 74.7 Å². The molecular formula is C8H14F3NO4S. The van der Waals surface area contributed by atoms with E-state index < -0.39 is 40.0 Å². The predicted octanol–water partition coefficient (Wildman–Crippen LogP) is 1.41. The molecule has 0 aromatic heterocycles. The molecule has 102 valence electrons. The summed E-state index contributed by atoms with van der Waals surface area (Å²) in [4.78, 5) is 10.3. The van der Waals surface area contributed by atoms with Crippen molar-refractivity contribution >= 4 is 16.0 Å². The van der Waals surface area contributed by atoms with Crippen molar-refractivity contribution in [3.05, 3.63) is 0 Å². The highest BCUT2D eigenvalue weighted by atomic mass is 32.2. The van der Waals surface area contributed by atoms with Crippen LogP contribution in [-0.4, -0.2) is 41.4 Å². The molecule has 0 bridgehead atoms. The summed E-state index contributed by atoms with van der Waals surface area (Å²) in [6.45, 7) is 3.06. The largest absolute Gasteiger partial charge is 0.511 e. The van der Waals surface area contributed by atoms with E-state index in [1.807, 2.05) is 0 Å². The van der Waals surface area contributed by atoms with Gasteiger partial charge in [0.05, 0.1) is 6.42 Å². The minimum atomic E-state index is -5.52. The summed E-state index contributed by atoms with van der Waals surface area (Å²) >= 11 is 0. The summed E-state index contributed by atoms with van der Waals surface area (Å²) in [5, 5.41) is 8.39. The molecular weight excluding hydrogens is 263 g/mol. The molecule has 0 aliphatic rings. The fourth-order valence-corrected chi connectivity index (χ4v) is 2.44. The van der Waals surface area contributed by atoms with Gasteiger partial charge in [-0.05, 0) is 20.8 Å². The number of alkyl halides is 3. The second kappa shape index (κ2) is 4.81. The molecule has 0 amide bonds. The molecule has 0 aliphatic heterocycles. The lowest BCUT2D eigenvalue weighted by Crippen LogP contribution is -2.51. The molecule has 9 heteroatoms. The van der Waals surface area contributed by atoms with E-state index in [1.54, 1.807) is 0 Å². The van der Waals surface area contributed by atoms with E-state index in [2.05, 4.69) is 0 Å². The van der Waals surface area contributed by atoms with Crippen LogP contribution in [0.4, 0.5) is 13.2 Å². The van der Waals surface area contributed by atoms with Crippen LogP contribution in [0.25, 0.3) is 0 Å². The van der Waals surface area contributed by atoms with Gasteiger partial charge < -0.3 is 5.11 Å². The molecule has 17 heavy (non-hydrogen) atoms. The Hall–Kier alpha value is -0.830. The minimum Gasteiger partial charge on any atom is -0.481 e. The molecule has 0 rings (SSSR count). The molecule has 0 saturated heterocycles. The van der Waals surface area contributed by atoms with Crippen molar-refractivity contribution in [1.82, 2.24) is 4.31 Å². The Morgan fingerprint density at radius 1 is 1.24 bits per heavy atom. The number of hydrogen-bond donors (Lipinski definition) is 1. The molecule has 0 saturated carbocycles. The highest BCUT2D eigenvalue weighted by Crippen LogP contribution is 2.31. The van der Waals surface area contributed by atoms with Gasteiger partial charge in [-0.1, -0.05) is 0 Å². The number of nitrogens with zero attached hydrogens (tertiary/aromatic N) is 1. The summed E-state index contributed by atoms with van der Waals surface area (Å²) in [7, 11) is -5.52. The number of carbonyl (C=O) groups is 1. The van der Waals surface area contributed by atoms with E-state index in [-0.39, 0.29) is 4.31 Å². The maximum atomic E-state index is 12.4. The summed E-state index contributed by atoms with van der Waals surface area (Å²) in [5.41, 5.74) is -6.78. The zero-order valence-electron chi connectivity index (χ0n) is 9.58. The highest BCUT2D eigenvalue weighted by Gasteiger charge is 2.52. The van der Waals surface area contributed by atoms with Gasteiger partial charge in [-0.2, -0.15) is 17.5 Å². The lowest BCUT2D eigenvalue weighted by atomic mass is 10.1. The fourth-order valence-electron chi connectivity index (χ4n) is 1.14. The van der Waals surface area contributed by atoms with E-state index in [9.17, 15) is 26.4 Å². The van der Waals surface area contributed by atoms with Crippen molar-refractivity contribution in [3.8, 4) is 0 Å². The highest BCUT2D eigenvalue weighted by molar-refractivity contribution is 7.90. The van der Waals surface area contributed by atoms with E-state index in [0.717, 1.165) is 0 Å². The first-order chi connectivity index (χ1) is 7.30. The van der Waals surface area contributed by atoms with Crippen molar-refractivity contribution in [2.45, 2.75) is 38.2 Å². The van der Waals surface area contributed by atoms with Crippen molar-refractivity contribution in [2.24, 2.45) is 0 Å². The Kier molecular flexibility index (Phi) is 4.57. The Labute approximate surface area is 97.3 Å². The molecule has 0 unspecified atom stereocenters. The third-order valence-electron chi connectivity index (χ3n) is 1.86. The van der Waals surface area contributed by atoms with Crippen LogP contribution in [-0.2, 0) is 14.8 Å². The predicted molar refractivity (Wildman–Crippen MR) is 53.7 cm³/mol. The van der Waals surface area contributed by atoms with Crippen LogP contribution in [0.5, 0.6) is 0 Å². The van der Waals surface area contributed by atoms with E-state index in [4.69, 9.17) is 5.11 Å². The molecule has 0 heterocycles. The van der Waals surface area contributed by atoms with Gasteiger partial charge in [0.15, 0.2) is 0 Å². The third-order valence-corrected chi connectivity index (χ3v) is 3.76. The second-order valence-electron chi connectivity index (χ2n) is 4.34. The van der Waals surface area contributed by atoms with Crippen molar-refractivity contribution in [2.75, 3.05) is 6.54 Å². The number of rotatable bonds is 4. The summed E-state index contributed by atoms with van der Waals surface area (Å²) < 4.78 is 59.7. The van der Waals surface area contributed by atoms with Gasteiger partial charge in [-0.3, -0.25) is 4.79 Å². The van der Waals surface area contributed by atoms with Gasteiger partial charge in [-0.15, -0.1) is 0 Å². The number of sulfonamides is 1. The minimum absolute atomic E-state index is 0.147. The molecule has 0 aromatic carbocycles. The monoisotopic (exact) mass is 277 g/mol. The Balaban J connectivity index is 5.29. The summed E-state index contributed by atoms with van der Waals surface area (Å²) in [6, 6.07) is 0. The summed E-state index contributed by atoms with van der Waals surface area (Å²) in [6.07, 6.45) is -0.688. The van der Waals surface area contributed by atoms with Crippen molar-refractivity contribution in [1.29, 1.82) is 0 Å². The molecule has 0 aromatic rings. The third kappa shape index (κ3) is 4.15. The summed E-state index contributed by atoms with van der Waals surface area (Å²) in [5.74, 6) is -1.36. The zero-order valence-corrected chi connectivity index (χ0v) is 10.4. The van der Waals surface area contributed by atoms with Gasteiger partial charge in [0, 0.05) is 12.1 Å². The van der Waals surface area contributed by atoms with Crippen LogP contribution in [0.1, 0.15) is 27.2 Å². The average Bonchev–Trinajstić information content (AvgIpc) is 1.97. The van der Waals surface area contributed by atoms with Gasteiger partial charge in [-0.25, -0.2) is 8.42 Å². The smallest absolute Gasteiger partial charge is 0.481 e. The van der Waals surface area contributed by atoms with E-state index in [0.29, 0.717) is 0 Å². The SMILES string of the molecule is CC(C)(C)N(CCC(=O)O)S(=O)(=O)C(F)(F)F. The van der Waals surface area contributed by atoms with Gasteiger partial charge in [0.2, 0.25) is 0 Å². The Morgan fingerprint density at radius 2 is 1.65 bits per heavy atom. The molecule has 0 atom stereocenters. The number of carboxylic acids is 1. The molecule has 0 spiro atoms. The Morgan fingerprint density at radius 3 is 1.88 bits per heavy atom. The van der Waals surface area contributed by atoms with Gasteiger partial charge in [0.1, 0.15) is 0 Å². The first-order valence-corrected chi connectivity index (χ1v) is 6.05. The maximum Gasteiger partial charge on any atom is 0.511 e. The lowest BCUT2D eigenvalue weighted by Gasteiger charge is -2.34. The van der Waals surface area contributed by atoms with Gasteiger partial charge in [0.25, 0.3) is 0 Å². The van der Waals surface area contributed by atoms with E-state index in [1.165, 1.54) is 20.8 Å². The van der Waals surface area contributed by atoms with Crippen molar-refractivity contribution < 1.29 is 31.5 Å². The fraction of sp³-hybridized carbons (Fsp3) is 0.875. The molecule has 0 aliphatic carbocycles. The van der Waals surface area contributed by atoms with Crippen molar-refractivity contribution in [3.63, 3.8) is 0 Å². The number of halogens is 3. The maximum absolute atomic E-state index is 12.4. The molecule has 1 N–H and O–H groups in total. The number of carboxylic acid groups (broad SMARTS) is 1. The Bertz CT molecular complexity index is 383. The molecule has 0 radical (unpaired) electrons. The quantitative estimate of drug-likeness (QED) is 0.843. The molecule has 5 nitrogen and oxygen atoms in total.